The van der Waals surface area contributed by atoms with Gasteiger partial charge in [0, 0.05) is 17.9 Å². The van der Waals surface area contributed by atoms with E-state index in [4.69, 9.17) is 0 Å². The molecule has 2 aromatic rings. The number of hydrogen-bond acceptors (Lipinski definition) is 4. The highest BCUT2D eigenvalue weighted by atomic mass is 32.2. The molecule has 2 saturated carbocycles. The predicted octanol–water partition coefficient (Wildman–Crippen LogP) is 3.98. The van der Waals surface area contributed by atoms with Crippen molar-refractivity contribution in [2.75, 3.05) is 6.26 Å². The highest BCUT2D eigenvalue weighted by Crippen LogP contribution is 2.49. The summed E-state index contributed by atoms with van der Waals surface area (Å²) in [5.41, 5.74) is 0.0709. The molecular formula is C25H25F3N2O4S. The Hall–Kier alpha value is -2.88. The Balaban J connectivity index is 1.35. The molecule has 3 fully saturated rings. The summed E-state index contributed by atoms with van der Waals surface area (Å²) in [6, 6.07) is 9.45. The maximum Gasteiger partial charge on any atom is 0.416 e. The third-order valence-electron chi connectivity index (χ3n) is 7.14. The first kappa shape index (κ1) is 23.8. The molecule has 1 aliphatic heterocycles. The molecule has 0 spiro atoms. The largest absolute Gasteiger partial charge is 0.416 e. The van der Waals surface area contributed by atoms with Crippen LogP contribution in [0.25, 0.3) is 0 Å². The van der Waals surface area contributed by atoms with Gasteiger partial charge in [0.05, 0.1) is 16.5 Å². The zero-order valence-electron chi connectivity index (χ0n) is 19.0. The van der Waals surface area contributed by atoms with E-state index in [1.807, 2.05) is 0 Å². The van der Waals surface area contributed by atoms with Crippen molar-refractivity contribution >= 4 is 21.7 Å². The molecule has 0 unspecified atom stereocenters. The van der Waals surface area contributed by atoms with Crippen LogP contribution in [0.15, 0.2) is 53.4 Å². The van der Waals surface area contributed by atoms with Crippen molar-refractivity contribution in [3.05, 3.63) is 65.2 Å². The molecule has 0 aromatic heterocycles. The third-order valence-corrected chi connectivity index (χ3v) is 8.25. The average molecular weight is 507 g/mol. The van der Waals surface area contributed by atoms with Gasteiger partial charge in [0.25, 0.3) is 5.91 Å². The molecule has 186 valence electrons. The summed E-state index contributed by atoms with van der Waals surface area (Å²) in [7, 11) is -3.50. The van der Waals surface area contributed by atoms with Crippen LogP contribution in [0, 0.1) is 11.8 Å². The van der Waals surface area contributed by atoms with Crippen LogP contribution < -0.4 is 5.32 Å². The lowest BCUT2D eigenvalue weighted by atomic mass is 9.99. The number of hydrogen-bond donors (Lipinski definition) is 1. The molecule has 4 atom stereocenters. The quantitative estimate of drug-likeness (QED) is 0.643. The van der Waals surface area contributed by atoms with Crippen molar-refractivity contribution in [1.29, 1.82) is 0 Å². The van der Waals surface area contributed by atoms with Crippen molar-refractivity contribution in [2.24, 2.45) is 11.8 Å². The van der Waals surface area contributed by atoms with E-state index in [0.717, 1.165) is 37.7 Å². The van der Waals surface area contributed by atoms with E-state index in [9.17, 15) is 31.2 Å². The number of alkyl halides is 3. The van der Waals surface area contributed by atoms with E-state index in [1.54, 1.807) is 4.90 Å². The standard InChI is InChI=1S/C25H25F3N2O4S/c1-35(33,34)19-4-2-3-16(11-19)24(32)30-20-12-17(20)13-21(30)23(31)29-22(14-5-6-14)15-7-9-18(10-8-15)25(26,27)28/h2-4,7-11,14,17,20-22H,5-6,12-13H2,1H3,(H,29,31)/t17-,20-,21-,22-/m1/s1. The number of piperidine rings is 1. The molecule has 0 radical (unpaired) electrons. The number of amides is 2. The van der Waals surface area contributed by atoms with Gasteiger partial charge in [0.15, 0.2) is 9.84 Å². The van der Waals surface area contributed by atoms with Crippen molar-refractivity contribution in [2.45, 2.75) is 54.9 Å². The van der Waals surface area contributed by atoms with Crippen molar-refractivity contribution < 1.29 is 31.2 Å². The average Bonchev–Trinajstić information content (AvgIpc) is 3.74. The summed E-state index contributed by atoms with van der Waals surface area (Å²) in [6.07, 6.45) is -0.327. The van der Waals surface area contributed by atoms with Crippen LogP contribution in [-0.4, -0.2) is 43.5 Å². The molecule has 2 aliphatic carbocycles. The van der Waals surface area contributed by atoms with Gasteiger partial charge in [-0.2, -0.15) is 13.2 Å². The smallest absolute Gasteiger partial charge is 0.347 e. The summed E-state index contributed by atoms with van der Waals surface area (Å²) in [5.74, 6) is -0.361. The summed E-state index contributed by atoms with van der Waals surface area (Å²) >= 11 is 0. The number of nitrogens with zero attached hydrogens (tertiary/aromatic N) is 1. The molecule has 1 heterocycles. The molecule has 10 heteroatoms. The molecule has 0 bridgehead atoms. The van der Waals surface area contributed by atoms with Crippen LogP contribution in [-0.2, 0) is 20.8 Å². The normalized spacial score (nSPS) is 24.6. The number of benzene rings is 2. The molecule has 2 amide bonds. The number of rotatable bonds is 6. The number of fused-ring (bicyclic) bond motifs is 1. The Kier molecular flexibility index (Phi) is 5.69. The van der Waals surface area contributed by atoms with Gasteiger partial charge < -0.3 is 10.2 Å². The summed E-state index contributed by atoms with van der Waals surface area (Å²) in [5, 5.41) is 3.00. The molecule has 3 aliphatic rings. The van der Waals surface area contributed by atoms with Crippen molar-refractivity contribution in [1.82, 2.24) is 10.2 Å². The van der Waals surface area contributed by atoms with E-state index in [2.05, 4.69) is 5.32 Å². The van der Waals surface area contributed by atoms with Gasteiger partial charge in [0.1, 0.15) is 6.04 Å². The summed E-state index contributed by atoms with van der Waals surface area (Å²) in [6.45, 7) is 0. The third kappa shape index (κ3) is 4.80. The van der Waals surface area contributed by atoms with E-state index < -0.39 is 39.6 Å². The summed E-state index contributed by atoms with van der Waals surface area (Å²) < 4.78 is 62.7. The number of carbonyl (C=O) groups is 2. The second-order valence-electron chi connectivity index (χ2n) is 9.77. The fourth-order valence-corrected chi connectivity index (χ4v) is 5.69. The SMILES string of the molecule is CS(=O)(=O)c1cccc(C(=O)N2[C@@H](C(=O)N[C@@H](c3ccc(C(F)(F)F)cc3)C3CC3)C[C@H]3C[C@H]32)c1. The van der Waals surface area contributed by atoms with Gasteiger partial charge in [-0.25, -0.2) is 8.42 Å². The van der Waals surface area contributed by atoms with Crippen molar-refractivity contribution in [3.63, 3.8) is 0 Å². The first-order chi connectivity index (χ1) is 16.4. The lowest BCUT2D eigenvalue weighted by Gasteiger charge is -2.29. The number of carbonyl (C=O) groups excluding carboxylic acids is 2. The van der Waals surface area contributed by atoms with Gasteiger partial charge in [-0.05, 0) is 73.4 Å². The van der Waals surface area contributed by atoms with Crippen LogP contribution in [0.4, 0.5) is 13.2 Å². The van der Waals surface area contributed by atoms with Crippen LogP contribution in [0.5, 0.6) is 0 Å². The monoisotopic (exact) mass is 506 g/mol. The second kappa shape index (κ2) is 8.36. The predicted molar refractivity (Wildman–Crippen MR) is 121 cm³/mol. The van der Waals surface area contributed by atoms with Crippen LogP contribution in [0.1, 0.15) is 53.2 Å². The maximum absolute atomic E-state index is 13.4. The Morgan fingerprint density at radius 3 is 2.34 bits per heavy atom. The Bertz CT molecular complexity index is 1270. The van der Waals surface area contributed by atoms with Crippen LogP contribution in [0.2, 0.25) is 0 Å². The van der Waals surface area contributed by atoms with Gasteiger partial charge in [-0.3, -0.25) is 9.59 Å². The fourth-order valence-electron chi connectivity index (χ4n) is 5.02. The second-order valence-corrected chi connectivity index (χ2v) is 11.8. The highest BCUT2D eigenvalue weighted by molar-refractivity contribution is 7.90. The number of halogens is 3. The van der Waals surface area contributed by atoms with Gasteiger partial charge >= 0.3 is 6.18 Å². The topological polar surface area (TPSA) is 83.6 Å². The zero-order valence-corrected chi connectivity index (χ0v) is 19.8. The van der Waals surface area contributed by atoms with Gasteiger partial charge in [-0.15, -0.1) is 0 Å². The lowest BCUT2D eigenvalue weighted by molar-refractivity contribution is -0.137. The first-order valence-corrected chi connectivity index (χ1v) is 13.4. The van der Waals surface area contributed by atoms with E-state index in [0.29, 0.717) is 12.0 Å². The minimum atomic E-state index is -4.43. The maximum atomic E-state index is 13.4. The Morgan fingerprint density at radius 1 is 1.06 bits per heavy atom. The molecular weight excluding hydrogens is 481 g/mol. The van der Waals surface area contributed by atoms with E-state index in [1.165, 1.54) is 36.4 Å². The number of likely N-dealkylation sites (tertiary alicyclic amines) is 1. The van der Waals surface area contributed by atoms with Gasteiger partial charge in [0.2, 0.25) is 5.91 Å². The minimum Gasteiger partial charge on any atom is -0.347 e. The van der Waals surface area contributed by atoms with Crippen LogP contribution in [0.3, 0.4) is 0 Å². The molecule has 1 N–H and O–H groups in total. The fraction of sp³-hybridized carbons (Fsp3) is 0.440. The molecule has 1 saturated heterocycles. The Morgan fingerprint density at radius 2 is 1.74 bits per heavy atom. The lowest BCUT2D eigenvalue weighted by Crippen LogP contribution is -2.49. The van der Waals surface area contributed by atoms with E-state index >= 15 is 0 Å². The zero-order chi connectivity index (χ0) is 25.1. The number of nitrogens with one attached hydrogen (secondary N) is 1. The molecule has 5 rings (SSSR count). The molecule has 6 nitrogen and oxygen atoms in total. The molecule has 35 heavy (non-hydrogen) atoms. The van der Waals surface area contributed by atoms with E-state index in [-0.39, 0.29) is 34.2 Å². The minimum absolute atomic E-state index is 0.0343. The van der Waals surface area contributed by atoms with Gasteiger partial charge in [-0.1, -0.05) is 18.2 Å². The van der Waals surface area contributed by atoms with Crippen LogP contribution >= 0.6 is 0 Å². The first-order valence-electron chi connectivity index (χ1n) is 11.5. The number of sulfone groups is 1. The van der Waals surface area contributed by atoms with Crippen molar-refractivity contribution in [3.8, 4) is 0 Å². The summed E-state index contributed by atoms with van der Waals surface area (Å²) in [4.78, 5) is 28.3. The Labute approximate surface area is 201 Å². The highest BCUT2D eigenvalue weighted by Gasteiger charge is 2.56. The molecule has 2 aromatic carbocycles.